The highest BCUT2D eigenvalue weighted by Gasteiger charge is 2.35. The molecule has 5 aromatic rings. The summed E-state index contributed by atoms with van der Waals surface area (Å²) in [5, 5.41) is 14.4. The van der Waals surface area contributed by atoms with Crippen molar-refractivity contribution < 1.29 is 77.9 Å². The fourth-order valence-corrected chi connectivity index (χ4v) is 13.1. The van der Waals surface area contributed by atoms with Crippen LogP contribution in [-0.4, -0.2) is 147 Å². The van der Waals surface area contributed by atoms with E-state index < -0.39 is 68.4 Å². The van der Waals surface area contributed by atoms with E-state index in [4.69, 9.17) is 36.1 Å². The SMILES string of the molecule is Cc1c(C)c(S(=O)(=O)NC(N)=NCCC[C@H](NC(=O)CCNC(=O)CCCCCNC(=O)c2cccc(-c3c4cc(N)ccc4c4ccc(N)cc4[n+]3C)c2)C(=O)NCCCN(CCCN(CC(=O)OC(C)(C)C)C(=O)OC(C)(C)C)C(=O)OC(C)(C)C)c(C)c2c1OC(C)(C)CC2.[Cl-]. The van der Waals surface area contributed by atoms with Crippen LogP contribution in [0, 0.1) is 20.8 Å². The minimum Gasteiger partial charge on any atom is -1.00 e. The number of ether oxygens (including phenoxy) is 4. The third-order valence-corrected chi connectivity index (χ3v) is 17.9. The van der Waals surface area contributed by atoms with E-state index in [9.17, 15) is 42.0 Å². The number of amides is 6. The molecule has 0 fully saturated rings. The first-order valence-corrected chi connectivity index (χ1v) is 35.2. The van der Waals surface area contributed by atoms with Gasteiger partial charge in [-0.25, -0.2) is 22.7 Å². The molecule has 0 bridgehead atoms. The average Bonchev–Trinajstić information content (AvgIpc) is 0.751. The van der Waals surface area contributed by atoms with Gasteiger partial charge in [-0.1, -0.05) is 18.6 Å². The number of halogens is 1. The van der Waals surface area contributed by atoms with Crippen molar-refractivity contribution >= 4 is 90.8 Å². The van der Waals surface area contributed by atoms with Crippen LogP contribution in [0.3, 0.4) is 0 Å². The standard InChI is InChI=1S/C72H104N12O13S.ClH/c1-45-46(2)63(47(3)52-31-33-72(13,14)95-62(45)52)98(92,93)81-66(75)79-35-20-25-56(65(89)78-36-21-38-83(67(90)96-70(7,8)9)39-22-40-84(68(91)97-71(10,11)12)44-60(87)94-69(4,5)6)80-59(86)32-37-76-58(85)26-17-16-18-34-77-64(88)49-24-19-23-48(41-49)61-55-42-50(73)27-29-53(55)54-30-28-51(74)43-57(54)82(61)15;/h19,23-24,27-30,41-43,56,74H,16-18,20-22,25-26,31-40,44,73H2,1-15H3,(H7,75,76,77,78,79,80,81,85,86,88,89);1H/t56-;/m0./s1. The maximum atomic E-state index is 14.0. The monoisotopic (exact) mass is 1410 g/mol. The van der Waals surface area contributed by atoms with E-state index in [1.54, 1.807) is 82.2 Å². The molecule has 0 spiro atoms. The Balaban J connectivity index is 0.0000177. The van der Waals surface area contributed by atoms with Gasteiger partial charge < -0.3 is 74.7 Å². The van der Waals surface area contributed by atoms with Crippen LogP contribution in [0.1, 0.15) is 173 Å². The molecule has 1 atom stereocenters. The average molecular weight is 1410 g/mol. The second-order valence-electron chi connectivity index (χ2n) is 28.7. The molecule has 1 aromatic heterocycles. The highest BCUT2D eigenvalue weighted by atomic mass is 35.5. The van der Waals surface area contributed by atoms with Crippen LogP contribution in [0.5, 0.6) is 5.75 Å². The Morgan fingerprint density at radius 3 is 1.96 bits per heavy atom. The van der Waals surface area contributed by atoms with Gasteiger partial charge in [0, 0.05) is 92.6 Å². The number of aromatic nitrogens is 1. The minimum absolute atomic E-state index is 0. The lowest BCUT2D eigenvalue weighted by molar-refractivity contribution is -0.632. The number of sulfonamides is 1. The van der Waals surface area contributed by atoms with Crippen molar-refractivity contribution in [1.29, 1.82) is 0 Å². The summed E-state index contributed by atoms with van der Waals surface area (Å²) in [5.74, 6) is -1.90. The number of rotatable bonds is 29. The quantitative estimate of drug-likeness (QED) is 0.00413. The van der Waals surface area contributed by atoms with Crippen LogP contribution in [0.2, 0.25) is 0 Å². The molecule has 0 saturated carbocycles. The second-order valence-corrected chi connectivity index (χ2v) is 30.3. The topological polar surface area (TPSA) is 351 Å². The molecule has 0 saturated heterocycles. The van der Waals surface area contributed by atoms with E-state index in [0.29, 0.717) is 78.0 Å². The number of esters is 1. The molecule has 0 radical (unpaired) electrons. The van der Waals surface area contributed by atoms with Gasteiger partial charge in [0.15, 0.2) is 0 Å². The first kappa shape index (κ1) is 81.0. The Bertz CT molecular complexity index is 3900. The van der Waals surface area contributed by atoms with Crippen LogP contribution in [-0.2, 0) is 56.9 Å². The summed E-state index contributed by atoms with van der Waals surface area (Å²) < 4.78 is 55.5. The number of aryl methyl sites for hydroxylation is 1. The fraction of sp³-hybridized carbons (Fsp3) is 0.542. The second kappa shape index (κ2) is 34.9. The molecule has 0 aliphatic carbocycles. The number of nitrogen functional groups attached to an aromatic ring is 2. The Hall–Kier alpha value is -8.65. The van der Waals surface area contributed by atoms with Crippen molar-refractivity contribution in [1.82, 2.24) is 35.8 Å². The van der Waals surface area contributed by atoms with E-state index in [1.807, 2.05) is 82.4 Å². The lowest BCUT2D eigenvalue weighted by atomic mass is 9.88. The molecule has 4 aromatic carbocycles. The molecule has 27 heteroatoms. The predicted molar refractivity (Wildman–Crippen MR) is 381 cm³/mol. The van der Waals surface area contributed by atoms with Gasteiger partial charge in [-0.2, -0.15) is 4.57 Å². The molecule has 2 heterocycles. The first-order valence-electron chi connectivity index (χ1n) is 33.7. The molecular weight excluding hydrogens is 1310 g/mol. The van der Waals surface area contributed by atoms with Gasteiger partial charge in [-0.15, -0.1) is 0 Å². The summed E-state index contributed by atoms with van der Waals surface area (Å²) in [7, 11) is -2.25. The molecule has 1 aliphatic heterocycles. The summed E-state index contributed by atoms with van der Waals surface area (Å²) in [5.41, 5.74) is 22.8. The molecule has 544 valence electrons. The highest BCUT2D eigenvalue weighted by Crippen LogP contribution is 2.42. The van der Waals surface area contributed by atoms with Crippen molar-refractivity contribution in [2.45, 2.75) is 201 Å². The van der Waals surface area contributed by atoms with Crippen molar-refractivity contribution in [2.24, 2.45) is 17.8 Å². The number of aliphatic imine (C=N–C) groups is 1. The Labute approximate surface area is 589 Å². The number of nitrogens with one attached hydrogen (secondary N) is 5. The predicted octanol–water partition coefficient (Wildman–Crippen LogP) is 5.75. The maximum absolute atomic E-state index is 14.0. The number of benzene rings is 4. The molecule has 6 rings (SSSR count). The largest absolute Gasteiger partial charge is 1.00 e. The zero-order chi connectivity index (χ0) is 72.7. The van der Waals surface area contributed by atoms with Gasteiger partial charge >= 0.3 is 18.2 Å². The Morgan fingerprint density at radius 1 is 0.677 bits per heavy atom. The molecule has 25 nitrogen and oxygen atoms in total. The lowest BCUT2D eigenvalue weighted by Crippen LogP contribution is -3.00. The zero-order valence-corrected chi connectivity index (χ0v) is 62.0. The Kier molecular flexibility index (Phi) is 28.6. The third-order valence-electron chi connectivity index (χ3n) is 16.3. The van der Waals surface area contributed by atoms with Crippen LogP contribution < -0.4 is 64.9 Å². The number of fused-ring (bicyclic) bond motifs is 4. The summed E-state index contributed by atoms with van der Waals surface area (Å²) in [4.78, 5) is 101. The highest BCUT2D eigenvalue weighted by molar-refractivity contribution is 7.90. The number of pyridine rings is 1. The van der Waals surface area contributed by atoms with Crippen molar-refractivity contribution in [3.8, 4) is 17.0 Å². The van der Waals surface area contributed by atoms with Crippen molar-refractivity contribution in [3.63, 3.8) is 0 Å². The number of carbonyl (C=O) groups excluding carboxylic acids is 7. The van der Waals surface area contributed by atoms with Gasteiger partial charge in [-0.05, 0) is 213 Å². The number of unbranched alkanes of at least 4 members (excludes halogenated alkanes) is 2. The minimum atomic E-state index is -4.21. The number of hydrogen-bond donors (Lipinski definition) is 8. The van der Waals surface area contributed by atoms with E-state index in [1.165, 1.54) is 9.80 Å². The van der Waals surface area contributed by atoms with E-state index in [-0.39, 0.29) is 119 Å². The van der Waals surface area contributed by atoms with Crippen LogP contribution >= 0.6 is 0 Å². The molecule has 6 amide bonds. The third kappa shape index (κ3) is 24.3. The molecular formula is C72H105ClN12O13S. The molecule has 0 unspecified atom stereocenters. The smallest absolute Gasteiger partial charge is 0.410 e. The summed E-state index contributed by atoms with van der Waals surface area (Å²) in [6.07, 6.45) is 2.45. The van der Waals surface area contributed by atoms with Gasteiger partial charge in [-0.3, -0.25) is 33.9 Å². The number of nitrogens with zero attached hydrogens (tertiary/aromatic N) is 4. The van der Waals surface area contributed by atoms with E-state index in [2.05, 4.69) is 35.5 Å². The number of nitrogens with two attached hydrogens (primary N) is 3. The number of guanidine groups is 1. The molecule has 99 heavy (non-hydrogen) atoms. The normalized spacial score (nSPS) is 13.4. The van der Waals surface area contributed by atoms with Gasteiger partial charge in [0.05, 0.1) is 15.7 Å². The first-order chi connectivity index (χ1) is 45.7. The summed E-state index contributed by atoms with van der Waals surface area (Å²) >= 11 is 0. The van der Waals surface area contributed by atoms with Crippen LogP contribution in [0.4, 0.5) is 21.0 Å². The van der Waals surface area contributed by atoms with Crippen molar-refractivity contribution in [2.75, 3.05) is 63.8 Å². The van der Waals surface area contributed by atoms with E-state index in [0.717, 1.165) is 38.5 Å². The number of hydrogen-bond acceptors (Lipinski definition) is 16. The van der Waals surface area contributed by atoms with Gasteiger partial charge in [0.1, 0.15) is 47.8 Å². The zero-order valence-electron chi connectivity index (χ0n) is 60.4. The van der Waals surface area contributed by atoms with E-state index >= 15 is 0 Å². The fourth-order valence-electron chi connectivity index (χ4n) is 11.6. The maximum Gasteiger partial charge on any atom is 0.410 e. The Morgan fingerprint density at radius 2 is 1.29 bits per heavy atom. The molecule has 1 aliphatic rings. The lowest BCUT2D eigenvalue weighted by Gasteiger charge is -2.35. The van der Waals surface area contributed by atoms with Gasteiger partial charge in [0.2, 0.25) is 34.9 Å². The molecule has 11 N–H and O–H groups in total. The van der Waals surface area contributed by atoms with Crippen LogP contribution in [0.25, 0.3) is 32.9 Å². The summed E-state index contributed by atoms with van der Waals surface area (Å²) in [6, 6.07) is 17.9. The van der Waals surface area contributed by atoms with Gasteiger partial charge in [0.25, 0.3) is 15.9 Å². The van der Waals surface area contributed by atoms with Crippen molar-refractivity contribution in [3.05, 3.63) is 88.5 Å². The summed E-state index contributed by atoms with van der Waals surface area (Å²) in [6.45, 7) is 25.0. The number of carbonyl (C=O) groups is 7. The van der Waals surface area contributed by atoms with Crippen LogP contribution in [0.15, 0.2) is 70.6 Å². The number of anilines is 2.